The van der Waals surface area contributed by atoms with Crippen LogP contribution >= 0.6 is 11.8 Å². The molecule has 0 aliphatic carbocycles. The average Bonchev–Trinajstić information content (AvgIpc) is 2.09. The molecule has 1 heterocycles. The van der Waals surface area contributed by atoms with Crippen LogP contribution in [-0.2, 0) is 0 Å². The number of thioether (sulfide) groups is 1. The van der Waals surface area contributed by atoms with E-state index in [1.165, 1.54) is 0 Å². The Bertz CT molecular complexity index is 163. The number of rotatable bonds is 3. The van der Waals surface area contributed by atoms with E-state index in [2.05, 4.69) is 22.1 Å². The van der Waals surface area contributed by atoms with Crippen LogP contribution in [0.1, 0.15) is 6.92 Å². The highest BCUT2D eigenvalue weighted by Crippen LogP contribution is 2.04. The second-order valence-corrected chi connectivity index (χ2v) is 3.74. The van der Waals surface area contributed by atoms with Crippen molar-refractivity contribution >= 4 is 16.9 Å². The molecule has 70 valence electrons. The first-order valence-corrected chi connectivity index (χ1v) is 5.09. The third-order valence-electron chi connectivity index (χ3n) is 1.57. The molecular formula is C7H15N3OS. The largest absolute Gasteiger partial charge is 0.395 e. The zero-order valence-corrected chi connectivity index (χ0v) is 8.10. The Morgan fingerprint density at radius 3 is 3.08 bits per heavy atom. The van der Waals surface area contributed by atoms with Crippen LogP contribution in [0.25, 0.3) is 0 Å². The fraction of sp³-hybridized carbons (Fsp3) is 0.857. The number of nitrogens with one attached hydrogen (secondary N) is 1. The van der Waals surface area contributed by atoms with Gasteiger partial charge in [-0.1, -0.05) is 18.7 Å². The number of nitrogens with zero attached hydrogens (tertiary/aromatic N) is 2. The molecule has 1 aliphatic heterocycles. The maximum atomic E-state index is 8.66. The lowest BCUT2D eigenvalue weighted by molar-refractivity contribution is 0.192. The van der Waals surface area contributed by atoms with E-state index in [-0.39, 0.29) is 6.61 Å². The van der Waals surface area contributed by atoms with E-state index in [9.17, 15) is 0 Å². The highest BCUT2D eigenvalue weighted by Gasteiger charge is 2.09. The van der Waals surface area contributed by atoms with Gasteiger partial charge in [-0.15, -0.1) is 0 Å². The van der Waals surface area contributed by atoms with Crippen molar-refractivity contribution in [2.24, 2.45) is 4.99 Å². The van der Waals surface area contributed by atoms with E-state index in [0.717, 1.165) is 17.6 Å². The molecule has 5 heteroatoms. The summed E-state index contributed by atoms with van der Waals surface area (Å²) in [7, 11) is 0. The first-order valence-electron chi connectivity index (χ1n) is 4.11. The third-order valence-corrected chi connectivity index (χ3v) is 2.40. The molecule has 0 aromatic rings. The molecule has 0 aromatic heterocycles. The smallest absolute Gasteiger partial charge is 0.158 e. The number of hydrogen-bond donors (Lipinski definition) is 2. The van der Waals surface area contributed by atoms with Gasteiger partial charge in [0.15, 0.2) is 5.17 Å². The van der Waals surface area contributed by atoms with Crippen molar-refractivity contribution in [3.63, 3.8) is 0 Å². The molecule has 0 amide bonds. The molecule has 0 fully saturated rings. The monoisotopic (exact) mass is 189 g/mol. The number of aliphatic hydroxyl groups excluding tert-OH is 1. The lowest BCUT2D eigenvalue weighted by atomic mass is 10.6. The van der Waals surface area contributed by atoms with Crippen LogP contribution in [0.15, 0.2) is 4.99 Å². The molecule has 1 aliphatic rings. The van der Waals surface area contributed by atoms with Gasteiger partial charge in [-0.2, -0.15) is 0 Å². The van der Waals surface area contributed by atoms with Gasteiger partial charge in [-0.3, -0.25) is 4.90 Å². The molecule has 4 nitrogen and oxygen atoms in total. The minimum absolute atomic E-state index is 0.202. The van der Waals surface area contributed by atoms with Crippen LogP contribution in [-0.4, -0.2) is 47.4 Å². The molecule has 0 saturated carbocycles. The number of aliphatic imine (C=N–C) groups is 1. The summed E-state index contributed by atoms with van der Waals surface area (Å²) >= 11 is 1.72. The Hall–Kier alpha value is -0.260. The minimum Gasteiger partial charge on any atom is -0.395 e. The Balaban J connectivity index is 2.26. The Kier molecular flexibility index (Phi) is 4.42. The average molecular weight is 189 g/mol. The van der Waals surface area contributed by atoms with Gasteiger partial charge in [-0.25, -0.2) is 4.99 Å². The van der Waals surface area contributed by atoms with Gasteiger partial charge in [-0.05, 0) is 5.75 Å². The maximum Gasteiger partial charge on any atom is 0.158 e. The van der Waals surface area contributed by atoms with Crippen LogP contribution in [0.3, 0.4) is 0 Å². The molecule has 0 saturated heterocycles. The van der Waals surface area contributed by atoms with Crippen LogP contribution in [0.2, 0.25) is 0 Å². The number of aliphatic hydroxyl groups is 1. The molecule has 2 N–H and O–H groups in total. The predicted octanol–water partition coefficient (Wildman–Crippen LogP) is -0.0920. The van der Waals surface area contributed by atoms with Crippen molar-refractivity contribution in [1.82, 2.24) is 10.2 Å². The van der Waals surface area contributed by atoms with Crippen molar-refractivity contribution in [2.75, 3.05) is 32.2 Å². The first-order chi connectivity index (χ1) is 5.86. The topological polar surface area (TPSA) is 47.9 Å². The van der Waals surface area contributed by atoms with Crippen LogP contribution < -0.4 is 5.32 Å². The van der Waals surface area contributed by atoms with Gasteiger partial charge >= 0.3 is 0 Å². The number of hydrogen-bond acceptors (Lipinski definition) is 5. The Morgan fingerprint density at radius 2 is 2.58 bits per heavy atom. The highest BCUT2D eigenvalue weighted by molar-refractivity contribution is 8.13. The van der Waals surface area contributed by atoms with Gasteiger partial charge in [0.25, 0.3) is 0 Å². The van der Waals surface area contributed by atoms with Crippen LogP contribution in [0, 0.1) is 0 Å². The summed E-state index contributed by atoms with van der Waals surface area (Å²) in [4.78, 5) is 6.36. The summed E-state index contributed by atoms with van der Waals surface area (Å²) in [6.45, 7) is 4.51. The predicted molar refractivity (Wildman–Crippen MR) is 52.2 cm³/mol. The van der Waals surface area contributed by atoms with Crippen LogP contribution in [0.4, 0.5) is 0 Å². The van der Waals surface area contributed by atoms with Gasteiger partial charge in [0.2, 0.25) is 0 Å². The summed E-state index contributed by atoms with van der Waals surface area (Å²) in [6, 6.07) is 0. The van der Waals surface area contributed by atoms with Gasteiger partial charge in [0.1, 0.15) is 0 Å². The van der Waals surface area contributed by atoms with Crippen molar-refractivity contribution in [3.05, 3.63) is 0 Å². The van der Waals surface area contributed by atoms with Gasteiger partial charge < -0.3 is 10.4 Å². The quantitative estimate of drug-likeness (QED) is 0.651. The summed E-state index contributed by atoms with van der Waals surface area (Å²) in [5.74, 6) is 1.05. The zero-order chi connectivity index (χ0) is 8.81. The maximum absolute atomic E-state index is 8.66. The van der Waals surface area contributed by atoms with E-state index in [4.69, 9.17) is 5.11 Å². The summed E-state index contributed by atoms with van der Waals surface area (Å²) in [5, 5.41) is 12.9. The molecule has 0 aromatic carbocycles. The summed E-state index contributed by atoms with van der Waals surface area (Å²) < 4.78 is 0. The van der Waals surface area contributed by atoms with Crippen LogP contribution in [0.5, 0.6) is 0 Å². The molecule has 0 bridgehead atoms. The zero-order valence-electron chi connectivity index (χ0n) is 7.29. The first kappa shape index (κ1) is 9.83. The Morgan fingerprint density at radius 1 is 1.75 bits per heavy atom. The SMILES string of the molecule is CCSC1=NCN(CCO)CN1. The lowest BCUT2D eigenvalue weighted by Gasteiger charge is -2.25. The molecule has 0 spiro atoms. The molecule has 0 atom stereocenters. The normalized spacial score (nSPS) is 18.7. The van der Waals surface area contributed by atoms with E-state index in [0.29, 0.717) is 13.2 Å². The van der Waals surface area contributed by atoms with Crippen molar-refractivity contribution in [1.29, 1.82) is 0 Å². The summed E-state index contributed by atoms with van der Waals surface area (Å²) in [5.41, 5.74) is 0. The number of amidine groups is 1. The molecule has 1 rings (SSSR count). The Labute approximate surface area is 77.0 Å². The minimum atomic E-state index is 0.202. The summed E-state index contributed by atoms with van der Waals surface area (Å²) in [6.07, 6.45) is 0. The molecular weight excluding hydrogens is 174 g/mol. The van der Waals surface area contributed by atoms with Gasteiger partial charge in [0.05, 0.1) is 19.9 Å². The van der Waals surface area contributed by atoms with E-state index in [1.54, 1.807) is 11.8 Å². The standard InChI is InChI=1S/C7H15N3OS/c1-2-12-7-8-5-10(3-4-11)6-9-7/h11H,2-6H2,1H3,(H,8,9). The van der Waals surface area contributed by atoms with Crippen molar-refractivity contribution in [2.45, 2.75) is 6.92 Å². The number of β-amino-alcohol motifs (C(OH)–C–C–N with tert-alkyl or cyclic N) is 1. The van der Waals surface area contributed by atoms with E-state index < -0.39 is 0 Å². The fourth-order valence-electron chi connectivity index (χ4n) is 0.974. The van der Waals surface area contributed by atoms with Crippen molar-refractivity contribution in [3.8, 4) is 0 Å². The third kappa shape index (κ3) is 3.00. The lowest BCUT2D eigenvalue weighted by Crippen LogP contribution is -2.42. The second kappa shape index (κ2) is 5.40. The van der Waals surface area contributed by atoms with Crippen molar-refractivity contribution < 1.29 is 5.11 Å². The van der Waals surface area contributed by atoms with Gasteiger partial charge in [0, 0.05) is 6.54 Å². The fourth-order valence-corrected chi connectivity index (χ4v) is 1.56. The van der Waals surface area contributed by atoms with E-state index >= 15 is 0 Å². The molecule has 12 heavy (non-hydrogen) atoms. The van der Waals surface area contributed by atoms with E-state index in [1.807, 2.05) is 0 Å². The highest BCUT2D eigenvalue weighted by atomic mass is 32.2. The molecule has 0 radical (unpaired) electrons. The second-order valence-electron chi connectivity index (χ2n) is 2.49. The molecule has 0 unspecified atom stereocenters.